The topological polar surface area (TPSA) is 55.2 Å². The number of rotatable bonds is 3. The molecule has 2 aromatic rings. The van der Waals surface area contributed by atoms with Gasteiger partial charge in [-0.15, -0.1) is 0 Å². The number of nitrogens with zero attached hydrogens (tertiary/aromatic N) is 1. The summed E-state index contributed by atoms with van der Waals surface area (Å²) >= 11 is 5.96. The zero-order chi connectivity index (χ0) is 15.0. The van der Waals surface area contributed by atoms with Crippen molar-refractivity contribution in [3.63, 3.8) is 0 Å². The number of hydrogen-bond donors (Lipinski definition) is 1. The molecule has 1 unspecified atom stereocenters. The molecule has 2 aromatic carbocycles. The summed E-state index contributed by atoms with van der Waals surface area (Å²) in [4.78, 5) is 10.4. The number of nitrogens with one attached hydrogen (secondary N) is 1. The second-order valence-electron chi connectivity index (χ2n) is 5.00. The van der Waals surface area contributed by atoms with E-state index in [1.54, 1.807) is 6.07 Å². The second kappa shape index (κ2) is 5.33. The summed E-state index contributed by atoms with van der Waals surface area (Å²) in [6.45, 7) is 0. The van der Waals surface area contributed by atoms with Crippen LogP contribution in [0.25, 0.3) is 0 Å². The van der Waals surface area contributed by atoms with Crippen LogP contribution in [0.4, 0.5) is 15.8 Å². The van der Waals surface area contributed by atoms with E-state index in [1.165, 1.54) is 12.1 Å². The largest absolute Gasteiger partial charge is 0.373 e. The zero-order valence-corrected chi connectivity index (χ0v) is 11.7. The van der Waals surface area contributed by atoms with Crippen LogP contribution in [-0.4, -0.2) is 4.92 Å². The van der Waals surface area contributed by atoms with Crippen molar-refractivity contribution in [2.75, 3.05) is 5.32 Å². The highest BCUT2D eigenvalue weighted by molar-refractivity contribution is 6.30. The van der Waals surface area contributed by atoms with Gasteiger partial charge in [0.05, 0.1) is 17.0 Å². The minimum atomic E-state index is -0.620. The van der Waals surface area contributed by atoms with E-state index >= 15 is 0 Å². The molecule has 0 bridgehead atoms. The molecule has 0 aliphatic heterocycles. The van der Waals surface area contributed by atoms with Crippen molar-refractivity contribution < 1.29 is 9.31 Å². The summed E-state index contributed by atoms with van der Waals surface area (Å²) in [5.74, 6) is -0.620. The fraction of sp³-hybridized carbons (Fsp3) is 0.200. The van der Waals surface area contributed by atoms with Crippen molar-refractivity contribution >= 4 is 23.0 Å². The number of hydrogen-bond acceptors (Lipinski definition) is 3. The summed E-state index contributed by atoms with van der Waals surface area (Å²) in [5, 5.41) is 14.8. The van der Waals surface area contributed by atoms with E-state index < -0.39 is 10.7 Å². The molecule has 0 amide bonds. The Balaban J connectivity index is 1.91. The summed E-state index contributed by atoms with van der Waals surface area (Å²) in [7, 11) is 0. The van der Waals surface area contributed by atoms with Gasteiger partial charge in [-0.1, -0.05) is 17.7 Å². The second-order valence-corrected chi connectivity index (χ2v) is 5.43. The number of nitro benzene ring substituents is 1. The van der Waals surface area contributed by atoms with Gasteiger partial charge in [0.1, 0.15) is 11.5 Å². The lowest BCUT2D eigenvalue weighted by molar-refractivity contribution is -0.384. The van der Waals surface area contributed by atoms with Gasteiger partial charge in [0, 0.05) is 5.02 Å². The summed E-state index contributed by atoms with van der Waals surface area (Å²) in [6.07, 6.45) is 1.69. The first-order chi connectivity index (χ1) is 10.0. The van der Waals surface area contributed by atoms with E-state index in [1.807, 2.05) is 12.1 Å². The molecule has 3 rings (SSSR count). The Labute approximate surface area is 125 Å². The standard InChI is InChI=1S/C15H12ClFN2O2/c16-10-2-4-12-9(7-10)1-5-13(12)18-14-6-3-11(17)8-15(14)19(20)21/h2-4,6-8,13,18H,1,5H2. The van der Waals surface area contributed by atoms with Gasteiger partial charge in [-0.2, -0.15) is 0 Å². The Kier molecular flexibility index (Phi) is 3.51. The molecule has 6 heteroatoms. The molecule has 1 N–H and O–H groups in total. The molecule has 0 saturated carbocycles. The molecular weight excluding hydrogens is 295 g/mol. The molecule has 1 aliphatic carbocycles. The zero-order valence-electron chi connectivity index (χ0n) is 11.0. The van der Waals surface area contributed by atoms with Crippen molar-refractivity contribution in [3.8, 4) is 0 Å². The third-order valence-corrected chi connectivity index (χ3v) is 3.90. The van der Waals surface area contributed by atoms with Crippen LogP contribution in [0.1, 0.15) is 23.6 Å². The molecular formula is C15H12ClFN2O2. The van der Waals surface area contributed by atoms with Crippen LogP contribution in [0.15, 0.2) is 36.4 Å². The quantitative estimate of drug-likeness (QED) is 0.671. The van der Waals surface area contributed by atoms with Gasteiger partial charge in [-0.05, 0) is 48.2 Å². The monoisotopic (exact) mass is 306 g/mol. The van der Waals surface area contributed by atoms with E-state index in [-0.39, 0.29) is 11.7 Å². The van der Waals surface area contributed by atoms with Crippen LogP contribution in [0, 0.1) is 15.9 Å². The molecule has 108 valence electrons. The van der Waals surface area contributed by atoms with Crippen molar-refractivity contribution in [1.29, 1.82) is 0 Å². The van der Waals surface area contributed by atoms with Gasteiger partial charge in [-0.25, -0.2) is 4.39 Å². The summed E-state index contributed by atoms with van der Waals surface area (Å²) in [6, 6.07) is 9.17. The van der Waals surface area contributed by atoms with Gasteiger partial charge < -0.3 is 5.32 Å². The highest BCUT2D eigenvalue weighted by atomic mass is 35.5. The maximum absolute atomic E-state index is 13.2. The lowest BCUT2D eigenvalue weighted by Crippen LogP contribution is -2.09. The van der Waals surface area contributed by atoms with Gasteiger partial charge >= 0.3 is 0 Å². The van der Waals surface area contributed by atoms with Gasteiger partial charge in [-0.3, -0.25) is 10.1 Å². The van der Waals surface area contributed by atoms with E-state index in [4.69, 9.17) is 11.6 Å². The lowest BCUT2D eigenvalue weighted by atomic mass is 10.1. The first-order valence-corrected chi connectivity index (χ1v) is 6.91. The first-order valence-electron chi connectivity index (χ1n) is 6.53. The Morgan fingerprint density at radius 3 is 2.86 bits per heavy atom. The third kappa shape index (κ3) is 2.69. The Morgan fingerprint density at radius 2 is 2.10 bits per heavy atom. The minimum Gasteiger partial charge on any atom is -0.373 e. The van der Waals surface area contributed by atoms with Gasteiger partial charge in [0.15, 0.2) is 0 Å². The van der Waals surface area contributed by atoms with Crippen LogP contribution in [0.3, 0.4) is 0 Å². The van der Waals surface area contributed by atoms with Crippen LogP contribution in [0.2, 0.25) is 5.02 Å². The Hall–Kier alpha value is -2.14. The molecule has 0 fully saturated rings. The molecule has 21 heavy (non-hydrogen) atoms. The summed E-state index contributed by atoms with van der Waals surface area (Å²) < 4.78 is 13.2. The first kappa shape index (κ1) is 13.8. The number of halogens is 2. The SMILES string of the molecule is O=[N+]([O-])c1cc(F)ccc1NC1CCc2cc(Cl)ccc21. The van der Waals surface area contributed by atoms with Crippen LogP contribution >= 0.6 is 11.6 Å². The average Bonchev–Trinajstić information content (AvgIpc) is 2.82. The van der Waals surface area contributed by atoms with Crippen LogP contribution in [0.5, 0.6) is 0 Å². The fourth-order valence-corrected chi connectivity index (χ4v) is 2.90. The maximum Gasteiger partial charge on any atom is 0.295 e. The number of benzene rings is 2. The average molecular weight is 307 g/mol. The Bertz CT molecular complexity index is 721. The van der Waals surface area contributed by atoms with Gasteiger partial charge in [0.25, 0.3) is 5.69 Å². The third-order valence-electron chi connectivity index (χ3n) is 3.67. The molecule has 1 aliphatic rings. The molecule has 0 saturated heterocycles. The van der Waals surface area contributed by atoms with E-state index in [0.717, 1.165) is 30.0 Å². The molecule has 0 heterocycles. The normalized spacial score (nSPS) is 16.6. The highest BCUT2D eigenvalue weighted by Gasteiger charge is 2.25. The molecule has 4 nitrogen and oxygen atoms in total. The maximum atomic E-state index is 13.2. The van der Waals surface area contributed by atoms with E-state index in [2.05, 4.69) is 5.32 Å². The Morgan fingerprint density at radius 1 is 1.29 bits per heavy atom. The van der Waals surface area contributed by atoms with Crippen LogP contribution < -0.4 is 5.32 Å². The lowest BCUT2D eigenvalue weighted by Gasteiger charge is -2.15. The predicted molar refractivity (Wildman–Crippen MR) is 79.2 cm³/mol. The number of aryl methyl sites for hydroxylation is 1. The highest BCUT2D eigenvalue weighted by Crippen LogP contribution is 2.37. The molecule has 1 atom stereocenters. The smallest absolute Gasteiger partial charge is 0.295 e. The molecule has 0 radical (unpaired) electrons. The number of fused-ring (bicyclic) bond motifs is 1. The van der Waals surface area contributed by atoms with Crippen molar-refractivity contribution in [2.45, 2.75) is 18.9 Å². The van der Waals surface area contributed by atoms with Crippen molar-refractivity contribution in [3.05, 3.63) is 68.5 Å². The van der Waals surface area contributed by atoms with E-state index in [9.17, 15) is 14.5 Å². The fourth-order valence-electron chi connectivity index (χ4n) is 2.70. The van der Waals surface area contributed by atoms with Crippen molar-refractivity contribution in [2.24, 2.45) is 0 Å². The van der Waals surface area contributed by atoms with Gasteiger partial charge in [0.2, 0.25) is 0 Å². The van der Waals surface area contributed by atoms with E-state index in [0.29, 0.717) is 10.7 Å². The number of anilines is 1. The molecule has 0 aromatic heterocycles. The number of nitro groups is 1. The molecule has 0 spiro atoms. The minimum absolute atomic E-state index is 0.0265. The van der Waals surface area contributed by atoms with Crippen LogP contribution in [-0.2, 0) is 6.42 Å². The summed E-state index contributed by atoms with van der Waals surface area (Å²) in [5.41, 5.74) is 2.30. The predicted octanol–water partition coefficient (Wildman–Crippen LogP) is 4.49. The van der Waals surface area contributed by atoms with Crippen molar-refractivity contribution in [1.82, 2.24) is 0 Å².